The van der Waals surface area contributed by atoms with Crippen molar-refractivity contribution in [2.24, 2.45) is 0 Å². The molecule has 1 aliphatic heterocycles. The standard InChI is InChI=1S/C20H21BrN4O2/c21-18-5-2-1-4-16(18)14-23-10-12-24(13-11-23)20(26)19-7-6-17(27-19)15-25-9-3-8-22-25/h1-9H,10-15H2. The Morgan fingerprint density at radius 2 is 1.85 bits per heavy atom. The lowest BCUT2D eigenvalue weighted by molar-refractivity contribution is 0.0595. The summed E-state index contributed by atoms with van der Waals surface area (Å²) in [4.78, 5) is 17.0. The Morgan fingerprint density at radius 3 is 2.59 bits per heavy atom. The largest absolute Gasteiger partial charge is 0.454 e. The lowest BCUT2D eigenvalue weighted by Crippen LogP contribution is -2.48. The average Bonchev–Trinajstić information content (AvgIpc) is 3.36. The van der Waals surface area contributed by atoms with E-state index in [1.54, 1.807) is 16.9 Å². The zero-order valence-corrected chi connectivity index (χ0v) is 16.5. The molecule has 1 amide bonds. The maximum atomic E-state index is 12.7. The highest BCUT2D eigenvalue weighted by atomic mass is 79.9. The van der Waals surface area contributed by atoms with Crippen molar-refractivity contribution >= 4 is 21.8 Å². The minimum Gasteiger partial charge on any atom is -0.454 e. The Balaban J connectivity index is 1.32. The summed E-state index contributed by atoms with van der Waals surface area (Å²) >= 11 is 3.60. The van der Waals surface area contributed by atoms with Crippen molar-refractivity contribution in [3.8, 4) is 0 Å². The van der Waals surface area contributed by atoms with Gasteiger partial charge in [0, 0.05) is 49.6 Å². The van der Waals surface area contributed by atoms with Crippen molar-refractivity contribution in [1.29, 1.82) is 0 Å². The molecule has 2 aromatic heterocycles. The molecular formula is C20H21BrN4O2. The molecule has 4 rings (SSSR count). The van der Waals surface area contributed by atoms with Gasteiger partial charge in [-0.2, -0.15) is 5.10 Å². The smallest absolute Gasteiger partial charge is 0.289 e. The molecule has 0 unspecified atom stereocenters. The van der Waals surface area contributed by atoms with Crippen molar-refractivity contribution in [1.82, 2.24) is 19.6 Å². The lowest BCUT2D eigenvalue weighted by Gasteiger charge is -2.34. The molecule has 0 saturated carbocycles. The number of carbonyl (C=O) groups is 1. The Kier molecular flexibility index (Phi) is 5.40. The summed E-state index contributed by atoms with van der Waals surface area (Å²) in [5, 5.41) is 4.16. The molecule has 1 aromatic carbocycles. The molecule has 3 aromatic rings. The highest BCUT2D eigenvalue weighted by Crippen LogP contribution is 2.19. The molecule has 6 nitrogen and oxygen atoms in total. The van der Waals surface area contributed by atoms with E-state index in [9.17, 15) is 4.79 Å². The van der Waals surface area contributed by atoms with Crippen LogP contribution in [-0.2, 0) is 13.1 Å². The lowest BCUT2D eigenvalue weighted by atomic mass is 10.2. The minimum atomic E-state index is -0.0396. The van der Waals surface area contributed by atoms with E-state index in [2.05, 4.69) is 44.1 Å². The number of carbonyl (C=O) groups excluding carboxylic acids is 1. The number of hydrogen-bond donors (Lipinski definition) is 0. The third kappa shape index (κ3) is 4.31. The molecular weight excluding hydrogens is 408 g/mol. The molecule has 140 valence electrons. The van der Waals surface area contributed by atoms with Gasteiger partial charge in [-0.3, -0.25) is 14.4 Å². The summed E-state index contributed by atoms with van der Waals surface area (Å²) in [6.07, 6.45) is 3.59. The first kappa shape index (κ1) is 18.0. The second kappa shape index (κ2) is 8.10. The van der Waals surface area contributed by atoms with E-state index in [1.165, 1.54) is 5.56 Å². The van der Waals surface area contributed by atoms with Crippen molar-refractivity contribution in [2.75, 3.05) is 26.2 Å². The molecule has 0 atom stereocenters. The van der Waals surface area contributed by atoms with Crippen LogP contribution in [0.5, 0.6) is 0 Å². The predicted octanol–water partition coefficient (Wildman–Crippen LogP) is 3.24. The van der Waals surface area contributed by atoms with Crippen LogP contribution < -0.4 is 0 Å². The first-order chi connectivity index (χ1) is 13.2. The predicted molar refractivity (Wildman–Crippen MR) is 105 cm³/mol. The normalized spacial score (nSPS) is 15.2. The van der Waals surface area contributed by atoms with Gasteiger partial charge in [-0.25, -0.2) is 0 Å². The number of amides is 1. The molecule has 3 heterocycles. The topological polar surface area (TPSA) is 54.5 Å². The molecule has 0 aliphatic carbocycles. The van der Waals surface area contributed by atoms with Crippen LogP contribution in [0.1, 0.15) is 21.9 Å². The van der Waals surface area contributed by atoms with E-state index in [4.69, 9.17) is 4.42 Å². The number of nitrogens with zero attached hydrogens (tertiary/aromatic N) is 4. The number of benzene rings is 1. The van der Waals surface area contributed by atoms with Gasteiger partial charge in [0.2, 0.25) is 0 Å². The minimum absolute atomic E-state index is 0.0396. The molecule has 0 N–H and O–H groups in total. The molecule has 1 fully saturated rings. The van der Waals surface area contributed by atoms with Gasteiger partial charge in [-0.1, -0.05) is 34.1 Å². The van der Waals surface area contributed by atoms with Crippen LogP contribution in [0, 0.1) is 0 Å². The Labute approximate surface area is 166 Å². The van der Waals surface area contributed by atoms with E-state index in [0.29, 0.717) is 25.4 Å². The van der Waals surface area contributed by atoms with Crippen LogP contribution in [0.4, 0.5) is 0 Å². The first-order valence-electron chi connectivity index (χ1n) is 9.00. The highest BCUT2D eigenvalue weighted by Gasteiger charge is 2.24. The van der Waals surface area contributed by atoms with Gasteiger partial charge in [-0.15, -0.1) is 0 Å². The molecule has 1 saturated heterocycles. The maximum absolute atomic E-state index is 12.7. The van der Waals surface area contributed by atoms with E-state index in [-0.39, 0.29) is 5.91 Å². The molecule has 1 aliphatic rings. The number of furan rings is 1. The van der Waals surface area contributed by atoms with Crippen LogP contribution in [0.3, 0.4) is 0 Å². The quantitative estimate of drug-likeness (QED) is 0.625. The van der Waals surface area contributed by atoms with Gasteiger partial charge in [0.05, 0.1) is 6.54 Å². The molecule has 0 spiro atoms. The van der Waals surface area contributed by atoms with E-state index >= 15 is 0 Å². The van der Waals surface area contributed by atoms with E-state index in [1.807, 2.05) is 29.3 Å². The highest BCUT2D eigenvalue weighted by molar-refractivity contribution is 9.10. The molecule has 27 heavy (non-hydrogen) atoms. The van der Waals surface area contributed by atoms with E-state index < -0.39 is 0 Å². The summed E-state index contributed by atoms with van der Waals surface area (Å²) in [5.41, 5.74) is 1.27. The third-order valence-corrected chi connectivity index (χ3v) is 5.53. The van der Waals surface area contributed by atoms with Gasteiger partial charge in [0.1, 0.15) is 5.76 Å². The second-order valence-electron chi connectivity index (χ2n) is 6.63. The summed E-state index contributed by atoms with van der Waals surface area (Å²) in [7, 11) is 0. The van der Waals surface area contributed by atoms with E-state index in [0.717, 1.165) is 29.9 Å². The number of halogens is 1. The number of rotatable bonds is 5. The average molecular weight is 429 g/mol. The third-order valence-electron chi connectivity index (χ3n) is 4.76. The molecule has 0 radical (unpaired) electrons. The van der Waals surface area contributed by atoms with Crippen LogP contribution in [0.2, 0.25) is 0 Å². The Morgan fingerprint density at radius 1 is 1.04 bits per heavy atom. The summed E-state index contributed by atoms with van der Waals surface area (Å²) in [5.74, 6) is 1.09. The van der Waals surface area contributed by atoms with Gasteiger partial charge in [0.25, 0.3) is 5.91 Å². The monoisotopic (exact) mass is 428 g/mol. The Bertz CT molecular complexity index is 898. The van der Waals surface area contributed by atoms with Crippen molar-refractivity contribution in [3.05, 3.63) is 76.4 Å². The van der Waals surface area contributed by atoms with Gasteiger partial charge >= 0.3 is 0 Å². The summed E-state index contributed by atoms with van der Waals surface area (Å²) in [6, 6.07) is 13.7. The summed E-state index contributed by atoms with van der Waals surface area (Å²) in [6.45, 7) is 4.54. The van der Waals surface area contributed by atoms with Crippen molar-refractivity contribution in [3.63, 3.8) is 0 Å². The van der Waals surface area contributed by atoms with Gasteiger partial charge < -0.3 is 9.32 Å². The molecule has 7 heteroatoms. The summed E-state index contributed by atoms with van der Waals surface area (Å²) < 4.78 is 8.64. The zero-order valence-electron chi connectivity index (χ0n) is 14.9. The van der Waals surface area contributed by atoms with Crippen molar-refractivity contribution < 1.29 is 9.21 Å². The fraction of sp³-hybridized carbons (Fsp3) is 0.300. The number of piperazine rings is 1. The van der Waals surface area contributed by atoms with Crippen molar-refractivity contribution in [2.45, 2.75) is 13.1 Å². The van der Waals surface area contributed by atoms with Crippen LogP contribution in [0.15, 0.2) is 63.7 Å². The van der Waals surface area contributed by atoms with Gasteiger partial charge in [0.15, 0.2) is 5.76 Å². The fourth-order valence-corrected chi connectivity index (χ4v) is 3.67. The van der Waals surface area contributed by atoms with Gasteiger partial charge in [-0.05, 0) is 29.8 Å². The number of aromatic nitrogens is 2. The fourth-order valence-electron chi connectivity index (χ4n) is 3.26. The van der Waals surface area contributed by atoms with Crippen LogP contribution in [-0.4, -0.2) is 51.7 Å². The first-order valence-corrected chi connectivity index (χ1v) is 9.79. The van der Waals surface area contributed by atoms with Crippen LogP contribution >= 0.6 is 15.9 Å². The molecule has 0 bridgehead atoms. The van der Waals surface area contributed by atoms with Crippen LogP contribution in [0.25, 0.3) is 0 Å². The second-order valence-corrected chi connectivity index (χ2v) is 7.48. The zero-order chi connectivity index (χ0) is 18.6. The SMILES string of the molecule is O=C(c1ccc(Cn2cccn2)o1)N1CCN(Cc2ccccc2Br)CC1. The maximum Gasteiger partial charge on any atom is 0.289 e. The number of hydrogen-bond acceptors (Lipinski definition) is 4. The Hall–Kier alpha value is -2.38.